The molecule has 0 radical (unpaired) electrons. The third-order valence-electron chi connectivity index (χ3n) is 8.91. The van der Waals surface area contributed by atoms with Crippen molar-refractivity contribution in [2.24, 2.45) is 11.8 Å². The Morgan fingerprint density at radius 2 is 1.82 bits per heavy atom. The number of ether oxygens (including phenoxy) is 1. The van der Waals surface area contributed by atoms with Crippen LogP contribution in [0.5, 0.6) is 0 Å². The number of benzene rings is 1. The number of halogens is 1. The molecule has 3 saturated carbocycles. The number of carbonyl (C=O) groups is 3. The van der Waals surface area contributed by atoms with Crippen molar-refractivity contribution < 1.29 is 19.1 Å². The summed E-state index contributed by atoms with van der Waals surface area (Å²) in [5, 5.41) is 19.0. The third-order valence-corrected chi connectivity index (χ3v) is 9.15. The zero-order valence-corrected chi connectivity index (χ0v) is 25.5. The molecule has 3 aliphatic carbocycles. The topological polar surface area (TPSA) is 120 Å². The molecule has 11 heteroatoms. The maximum absolute atomic E-state index is 13.3. The smallest absolute Gasteiger partial charge is 0.407 e. The second kappa shape index (κ2) is 13.7. The number of nitrogens with zero attached hydrogens (tertiary/aromatic N) is 1. The highest BCUT2D eigenvalue weighted by Gasteiger charge is 2.52. The normalized spacial score (nSPS) is 23.3. The van der Waals surface area contributed by atoms with Gasteiger partial charge < -0.3 is 20.7 Å². The molecule has 3 atom stereocenters. The van der Waals surface area contributed by atoms with Gasteiger partial charge in [-0.25, -0.2) is 4.79 Å². The molecule has 1 heterocycles. The monoisotopic (exact) mass is 608 g/mol. The van der Waals surface area contributed by atoms with E-state index in [2.05, 4.69) is 22.0 Å². The van der Waals surface area contributed by atoms with Crippen LogP contribution in [-0.2, 0) is 19.7 Å². The van der Waals surface area contributed by atoms with Crippen LogP contribution >= 0.6 is 38.6 Å². The molecule has 4 aliphatic rings. The van der Waals surface area contributed by atoms with Gasteiger partial charge in [-0.1, -0.05) is 55.8 Å². The molecule has 40 heavy (non-hydrogen) atoms. The van der Waals surface area contributed by atoms with Crippen molar-refractivity contribution >= 4 is 56.5 Å². The van der Waals surface area contributed by atoms with E-state index in [0.29, 0.717) is 23.8 Å². The van der Waals surface area contributed by atoms with Crippen molar-refractivity contribution in [3.8, 4) is 6.07 Å². The Morgan fingerprint density at radius 3 is 2.42 bits per heavy atom. The summed E-state index contributed by atoms with van der Waals surface area (Å²) >= 11 is 6.16. The predicted octanol–water partition coefficient (Wildman–Crippen LogP) is 4.73. The summed E-state index contributed by atoms with van der Waals surface area (Å²) in [5.41, 5.74) is 0.746. The molecule has 8 nitrogen and oxygen atoms in total. The van der Waals surface area contributed by atoms with E-state index in [1.165, 1.54) is 6.42 Å². The number of hydrogen-bond donors (Lipinski definition) is 3. The molecule has 0 aromatic heterocycles. The second-order valence-electron chi connectivity index (χ2n) is 11.9. The number of rotatable bonds is 10. The zero-order chi connectivity index (χ0) is 26.8. The van der Waals surface area contributed by atoms with Gasteiger partial charge in [0.1, 0.15) is 18.7 Å². The molecule has 3 amide bonds. The predicted molar refractivity (Wildman–Crippen MR) is 163 cm³/mol. The van der Waals surface area contributed by atoms with E-state index in [1.54, 1.807) is 0 Å². The molecule has 1 unspecified atom stereocenters. The molecule has 3 N–H and O–H groups in total. The molecular formula is C29H41ClN4O4S2. The Bertz CT molecular complexity index is 1120. The summed E-state index contributed by atoms with van der Waals surface area (Å²) in [6.07, 6.45) is 10.1. The SMILES string of the molecule is N#C[C@H](CC1CC2(CC2)NC1=O)NC(=O)[C@H](CC1CCCCC1)NC(=O)OCC1(c2cccc(Cl)c2)CC1.S.S. The molecular weight excluding hydrogens is 568 g/mol. The van der Waals surface area contributed by atoms with Gasteiger partial charge in [-0.05, 0) is 68.6 Å². The Morgan fingerprint density at radius 1 is 1.10 bits per heavy atom. The van der Waals surface area contributed by atoms with Gasteiger partial charge in [-0.3, -0.25) is 9.59 Å². The van der Waals surface area contributed by atoms with Gasteiger partial charge in [0.05, 0.1) is 6.07 Å². The maximum atomic E-state index is 13.3. The van der Waals surface area contributed by atoms with E-state index >= 15 is 0 Å². The minimum absolute atomic E-state index is 0. The molecule has 1 aliphatic heterocycles. The van der Waals surface area contributed by atoms with Crippen LogP contribution in [0.25, 0.3) is 0 Å². The first-order chi connectivity index (χ1) is 18.3. The van der Waals surface area contributed by atoms with E-state index in [4.69, 9.17) is 16.3 Å². The fraction of sp³-hybridized carbons (Fsp3) is 0.655. The largest absolute Gasteiger partial charge is 0.449 e. The van der Waals surface area contributed by atoms with Crippen molar-refractivity contribution in [1.82, 2.24) is 16.0 Å². The molecule has 1 aromatic rings. The van der Waals surface area contributed by atoms with Crippen molar-refractivity contribution in [3.63, 3.8) is 0 Å². The molecule has 0 bridgehead atoms. The molecule has 1 aromatic carbocycles. The average Bonchev–Trinajstić information content (AvgIpc) is 3.83. The highest BCUT2D eigenvalue weighted by Crippen LogP contribution is 2.49. The van der Waals surface area contributed by atoms with Crippen LogP contribution < -0.4 is 16.0 Å². The average molecular weight is 609 g/mol. The van der Waals surface area contributed by atoms with Crippen LogP contribution in [0.2, 0.25) is 5.02 Å². The lowest BCUT2D eigenvalue weighted by Gasteiger charge is -2.27. The number of amides is 3. The minimum atomic E-state index is -0.796. The Balaban J connectivity index is 0.00000220. The molecule has 220 valence electrons. The standard InChI is InChI=1S/C29H37ClN4O4.2H2S/c30-22-8-4-7-21(15-22)28(9-10-28)18-38-27(37)33-24(13-19-5-2-1-3-6-19)26(36)32-23(17-31)14-20-16-29(11-12-29)34-25(20)35;;/h4,7-8,15,19-20,23-24H,1-3,5-6,9-14,16,18H2,(H,32,36)(H,33,37)(H,34,35);2*1H2/t20?,23-,24-;;/m0../s1. The van der Waals surface area contributed by atoms with Crippen LogP contribution in [0, 0.1) is 23.2 Å². The number of hydrogen-bond acceptors (Lipinski definition) is 5. The summed E-state index contributed by atoms with van der Waals surface area (Å²) in [6, 6.07) is 8.18. The van der Waals surface area contributed by atoms with E-state index in [1.807, 2.05) is 24.3 Å². The van der Waals surface area contributed by atoms with Crippen molar-refractivity contribution in [1.29, 1.82) is 5.26 Å². The lowest BCUT2D eigenvalue weighted by molar-refractivity contribution is -0.125. The second-order valence-corrected chi connectivity index (χ2v) is 12.3. The highest BCUT2D eigenvalue weighted by atomic mass is 35.5. The first-order valence-corrected chi connectivity index (χ1v) is 14.4. The summed E-state index contributed by atoms with van der Waals surface area (Å²) in [6.45, 7) is 0.219. The Hall–Kier alpha value is -2.09. The number of nitrogens with one attached hydrogen (secondary N) is 3. The molecule has 4 fully saturated rings. The van der Waals surface area contributed by atoms with Crippen molar-refractivity contribution in [3.05, 3.63) is 34.9 Å². The minimum Gasteiger partial charge on any atom is -0.449 e. The maximum Gasteiger partial charge on any atom is 0.407 e. The van der Waals surface area contributed by atoms with Gasteiger partial charge in [0.15, 0.2) is 0 Å². The van der Waals surface area contributed by atoms with Gasteiger partial charge in [0.25, 0.3) is 0 Å². The number of nitriles is 1. The zero-order valence-electron chi connectivity index (χ0n) is 22.8. The lowest BCUT2D eigenvalue weighted by atomic mass is 9.84. The van der Waals surface area contributed by atoms with E-state index in [-0.39, 0.29) is 62.8 Å². The van der Waals surface area contributed by atoms with Crippen LogP contribution in [0.1, 0.15) is 82.6 Å². The van der Waals surface area contributed by atoms with Gasteiger partial charge in [-0.15, -0.1) is 0 Å². The van der Waals surface area contributed by atoms with Crippen LogP contribution in [0.3, 0.4) is 0 Å². The first-order valence-electron chi connectivity index (χ1n) is 14.0. The Kier molecular flexibility index (Phi) is 11.1. The van der Waals surface area contributed by atoms with Gasteiger partial charge >= 0.3 is 6.09 Å². The van der Waals surface area contributed by atoms with Crippen LogP contribution in [0.4, 0.5) is 4.79 Å². The highest BCUT2D eigenvalue weighted by molar-refractivity contribution is 7.59. The van der Waals surface area contributed by atoms with Crippen molar-refractivity contribution in [2.75, 3.05) is 6.61 Å². The summed E-state index contributed by atoms with van der Waals surface area (Å²) in [7, 11) is 0. The summed E-state index contributed by atoms with van der Waals surface area (Å²) in [5.74, 6) is -0.379. The van der Waals surface area contributed by atoms with Crippen molar-refractivity contribution in [2.45, 2.75) is 100 Å². The van der Waals surface area contributed by atoms with Gasteiger partial charge in [0.2, 0.25) is 11.8 Å². The van der Waals surface area contributed by atoms with Gasteiger partial charge in [-0.2, -0.15) is 32.3 Å². The van der Waals surface area contributed by atoms with E-state index in [9.17, 15) is 19.6 Å². The summed E-state index contributed by atoms with van der Waals surface area (Å²) < 4.78 is 5.63. The molecule has 1 saturated heterocycles. The van der Waals surface area contributed by atoms with Gasteiger partial charge in [0, 0.05) is 21.9 Å². The quantitative estimate of drug-likeness (QED) is 0.355. The lowest BCUT2D eigenvalue weighted by Crippen LogP contribution is -2.51. The molecule has 1 spiro atoms. The van der Waals surface area contributed by atoms with Crippen LogP contribution in [0.15, 0.2) is 24.3 Å². The summed E-state index contributed by atoms with van der Waals surface area (Å²) in [4.78, 5) is 38.6. The fourth-order valence-electron chi connectivity index (χ4n) is 6.21. The fourth-order valence-corrected chi connectivity index (χ4v) is 6.40. The number of carbonyl (C=O) groups excluding carboxylic acids is 3. The van der Waals surface area contributed by atoms with Crippen LogP contribution in [-0.4, -0.2) is 42.1 Å². The van der Waals surface area contributed by atoms with E-state index < -0.39 is 24.1 Å². The Labute approximate surface area is 255 Å². The molecule has 5 rings (SSSR count). The van der Waals surface area contributed by atoms with E-state index in [0.717, 1.165) is 56.9 Å². The first kappa shape index (κ1) is 32.4. The third kappa shape index (κ3) is 8.01. The number of alkyl carbamates (subject to hydrolysis) is 1.